The summed E-state index contributed by atoms with van der Waals surface area (Å²) in [6.45, 7) is 2.71. The number of thioether (sulfide) groups is 1. The average Bonchev–Trinajstić information content (AvgIpc) is 2.74. The van der Waals surface area contributed by atoms with Crippen LogP contribution in [0.3, 0.4) is 0 Å². The Kier molecular flexibility index (Phi) is 2.67. The molecule has 1 aromatic heterocycles. The number of thiol groups is 1. The van der Waals surface area contributed by atoms with Gasteiger partial charge in [-0.3, -0.25) is 9.36 Å². The summed E-state index contributed by atoms with van der Waals surface area (Å²) in [7, 11) is 0. The second kappa shape index (κ2) is 4.07. The van der Waals surface area contributed by atoms with Crippen molar-refractivity contribution in [1.82, 2.24) is 9.55 Å². The summed E-state index contributed by atoms with van der Waals surface area (Å²) in [4.78, 5) is 16.9. The first-order valence-corrected chi connectivity index (χ1v) is 6.99. The lowest BCUT2D eigenvalue weighted by atomic mass is 10.1. The minimum Gasteiger partial charge on any atom is -0.286 e. The highest BCUT2D eigenvalue weighted by Gasteiger charge is 2.24. The average molecular weight is 264 g/mol. The van der Waals surface area contributed by atoms with Gasteiger partial charge in [0.2, 0.25) is 0 Å². The Morgan fingerprint density at radius 1 is 1.59 bits per heavy atom. The highest BCUT2D eigenvalue weighted by atomic mass is 32.2. The molecule has 1 atom stereocenters. The molecule has 0 bridgehead atoms. The van der Waals surface area contributed by atoms with Crippen LogP contribution in [0.1, 0.15) is 5.56 Å². The molecule has 17 heavy (non-hydrogen) atoms. The molecule has 1 aliphatic rings. The molecule has 0 spiro atoms. The molecule has 0 fully saturated rings. The molecule has 0 aliphatic carbocycles. The largest absolute Gasteiger partial charge is 0.286 e. The van der Waals surface area contributed by atoms with E-state index in [0.29, 0.717) is 10.6 Å². The van der Waals surface area contributed by atoms with Crippen molar-refractivity contribution in [2.75, 3.05) is 5.75 Å². The molecule has 0 saturated heterocycles. The summed E-state index contributed by atoms with van der Waals surface area (Å²) in [5.41, 5.74) is 1.96. The number of benzene rings is 1. The van der Waals surface area contributed by atoms with Gasteiger partial charge < -0.3 is 0 Å². The van der Waals surface area contributed by atoms with Crippen molar-refractivity contribution in [1.29, 1.82) is 0 Å². The predicted octanol–water partition coefficient (Wildman–Crippen LogP) is 2.11. The Labute approximate surface area is 109 Å². The van der Waals surface area contributed by atoms with Crippen LogP contribution in [0.15, 0.2) is 28.2 Å². The minimum atomic E-state index is 0.0745. The monoisotopic (exact) mass is 264 g/mol. The molecule has 0 amide bonds. The first-order chi connectivity index (χ1) is 8.20. The number of hydrogen-bond donors (Lipinski definition) is 1. The number of fused-ring (bicyclic) bond motifs is 2. The number of rotatable bonds is 1. The summed E-state index contributed by atoms with van der Waals surface area (Å²) in [6.07, 6.45) is 0. The van der Waals surface area contributed by atoms with E-state index in [4.69, 9.17) is 0 Å². The van der Waals surface area contributed by atoms with Gasteiger partial charge in [-0.2, -0.15) is 12.6 Å². The maximum Gasteiger partial charge on any atom is 0.262 e. The van der Waals surface area contributed by atoms with Crippen molar-refractivity contribution < 1.29 is 0 Å². The normalized spacial score (nSPS) is 18.6. The van der Waals surface area contributed by atoms with Gasteiger partial charge in [0.25, 0.3) is 5.56 Å². The number of hydrogen-bond acceptors (Lipinski definition) is 4. The summed E-state index contributed by atoms with van der Waals surface area (Å²) in [5.74, 6) is 0.767. The number of aryl methyl sites for hydroxylation is 1. The van der Waals surface area contributed by atoms with E-state index in [2.05, 4.69) is 17.6 Å². The van der Waals surface area contributed by atoms with Crippen molar-refractivity contribution in [3.63, 3.8) is 0 Å². The summed E-state index contributed by atoms with van der Waals surface area (Å²) >= 11 is 5.94. The van der Waals surface area contributed by atoms with E-state index in [0.717, 1.165) is 28.5 Å². The Hall–Kier alpha value is -0.940. The number of para-hydroxylation sites is 1. The zero-order valence-electron chi connectivity index (χ0n) is 9.38. The molecule has 3 rings (SSSR count). The minimum absolute atomic E-state index is 0.0745. The Bertz CT molecular complexity index is 651. The Morgan fingerprint density at radius 2 is 2.41 bits per heavy atom. The van der Waals surface area contributed by atoms with Gasteiger partial charge in [0.15, 0.2) is 5.16 Å². The van der Waals surface area contributed by atoms with Crippen molar-refractivity contribution in [2.24, 2.45) is 0 Å². The fourth-order valence-electron chi connectivity index (χ4n) is 2.10. The van der Waals surface area contributed by atoms with Gasteiger partial charge in [0.05, 0.1) is 10.9 Å². The smallest absolute Gasteiger partial charge is 0.262 e. The van der Waals surface area contributed by atoms with Crippen LogP contribution < -0.4 is 5.56 Å². The van der Waals surface area contributed by atoms with E-state index in [-0.39, 0.29) is 5.56 Å². The fourth-order valence-corrected chi connectivity index (χ4v) is 3.47. The molecule has 2 heterocycles. The van der Waals surface area contributed by atoms with Gasteiger partial charge >= 0.3 is 0 Å². The van der Waals surface area contributed by atoms with Crippen LogP contribution in [0.4, 0.5) is 0 Å². The van der Waals surface area contributed by atoms with Gasteiger partial charge in [-0.15, -0.1) is 0 Å². The summed E-state index contributed by atoms with van der Waals surface area (Å²) in [5, 5.41) is 1.90. The molecule has 1 aromatic carbocycles. The van der Waals surface area contributed by atoms with Crippen molar-refractivity contribution in [3.8, 4) is 0 Å². The van der Waals surface area contributed by atoms with Crippen molar-refractivity contribution in [3.05, 3.63) is 34.1 Å². The van der Waals surface area contributed by atoms with Crippen LogP contribution >= 0.6 is 24.4 Å². The van der Waals surface area contributed by atoms with E-state index in [1.165, 1.54) is 0 Å². The standard InChI is InChI=1S/C12H12N2OS2/c1-7-3-2-4-9-10(7)13-12-14(11(9)15)5-8(6-16)17-12/h2-4,8,16H,5-6H2,1H3/t8-/m1/s1. The molecule has 0 radical (unpaired) electrons. The zero-order valence-corrected chi connectivity index (χ0v) is 11.1. The quantitative estimate of drug-likeness (QED) is 0.633. The lowest BCUT2D eigenvalue weighted by Gasteiger charge is -2.05. The van der Waals surface area contributed by atoms with Crippen LogP contribution in [-0.2, 0) is 6.54 Å². The molecular weight excluding hydrogens is 252 g/mol. The van der Waals surface area contributed by atoms with Gasteiger partial charge in [-0.25, -0.2) is 4.98 Å². The van der Waals surface area contributed by atoms with E-state index in [1.54, 1.807) is 16.3 Å². The number of nitrogens with zero attached hydrogens (tertiary/aromatic N) is 2. The second-order valence-electron chi connectivity index (χ2n) is 4.20. The van der Waals surface area contributed by atoms with Crippen LogP contribution in [0.2, 0.25) is 0 Å². The molecule has 0 unspecified atom stereocenters. The second-order valence-corrected chi connectivity index (χ2v) is 5.84. The van der Waals surface area contributed by atoms with E-state index in [9.17, 15) is 4.79 Å². The van der Waals surface area contributed by atoms with E-state index < -0.39 is 0 Å². The molecule has 0 N–H and O–H groups in total. The Morgan fingerprint density at radius 3 is 3.18 bits per heavy atom. The highest BCUT2D eigenvalue weighted by molar-refractivity contribution is 8.00. The van der Waals surface area contributed by atoms with E-state index in [1.807, 2.05) is 25.1 Å². The molecular formula is C12H12N2OS2. The van der Waals surface area contributed by atoms with Crippen molar-refractivity contribution in [2.45, 2.75) is 23.9 Å². The maximum atomic E-state index is 12.3. The molecule has 0 saturated carbocycles. The third-order valence-corrected chi connectivity index (χ3v) is 4.87. The Balaban J connectivity index is 2.31. The zero-order chi connectivity index (χ0) is 12.0. The maximum absolute atomic E-state index is 12.3. The molecule has 2 aromatic rings. The predicted molar refractivity (Wildman–Crippen MR) is 74.2 cm³/mol. The molecule has 3 nitrogen and oxygen atoms in total. The number of aromatic nitrogens is 2. The van der Waals surface area contributed by atoms with Gasteiger partial charge in [0.1, 0.15) is 0 Å². The third kappa shape index (κ3) is 1.68. The molecule has 5 heteroatoms. The van der Waals surface area contributed by atoms with Gasteiger partial charge in [-0.1, -0.05) is 23.9 Å². The lowest BCUT2D eigenvalue weighted by Crippen LogP contribution is -2.22. The van der Waals surface area contributed by atoms with Gasteiger partial charge in [-0.05, 0) is 18.6 Å². The topological polar surface area (TPSA) is 34.9 Å². The molecule has 88 valence electrons. The fraction of sp³-hybridized carbons (Fsp3) is 0.333. The van der Waals surface area contributed by atoms with E-state index >= 15 is 0 Å². The summed E-state index contributed by atoms with van der Waals surface area (Å²) < 4.78 is 1.77. The summed E-state index contributed by atoms with van der Waals surface area (Å²) in [6, 6.07) is 5.75. The highest BCUT2D eigenvalue weighted by Crippen LogP contribution is 2.31. The first-order valence-electron chi connectivity index (χ1n) is 5.48. The molecule has 1 aliphatic heterocycles. The van der Waals surface area contributed by atoms with Gasteiger partial charge in [0, 0.05) is 17.5 Å². The van der Waals surface area contributed by atoms with Crippen molar-refractivity contribution >= 4 is 35.3 Å². The third-order valence-electron chi connectivity index (χ3n) is 3.01. The van der Waals surface area contributed by atoms with Crippen LogP contribution in [0, 0.1) is 6.92 Å². The van der Waals surface area contributed by atoms with Crippen LogP contribution in [0.5, 0.6) is 0 Å². The van der Waals surface area contributed by atoms with Crippen LogP contribution in [-0.4, -0.2) is 20.6 Å². The first kappa shape index (κ1) is 11.2. The van der Waals surface area contributed by atoms with Crippen LogP contribution in [0.25, 0.3) is 10.9 Å². The lowest BCUT2D eigenvalue weighted by molar-refractivity contribution is 0.631. The SMILES string of the molecule is Cc1cccc2c(=O)n3c(nc12)S[C@@H](CS)C3.